The molecule has 0 radical (unpaired) electrons. The molecular weight excluding hydrogens is 414 g/mol. The van der Waals surface area contributed by atoms with Gasteiger partial charge in [0, 0.05) is 30.8 Å². The monoisotopic (exact) mass is 435 g/mol. The van der Waals surface area contributed by atoms with Crippen LogP contribution in [-0.4, -0.2) is 40.4 Å². The molecule has 0 atom stereocenters. The molecule has 2 heterocycles. The Balaban J connectivity index is 1.59. The summed E-state index contributed by atoms with van der Waals surface area (Å²) in [5.41, 5.74) is 2.69. The third-order valence-electron chi connectivity index (χ3n) is 5.47. The van der Waals surface area contributed by atoms with E-state index in [9.17, 15) is 19.5 Å². The molecule has 2 N–H and O–H groups in total. The smallest absolute Gasteiger partial charge is 0.341 e. The summed E-state index contributed by atoms with van der Waals surface area (Å²) in [5, 5.41) is 18.3. The van der Waals surface area contributed by atoms with Gasteiger partial charge < -0.3 is 24.3 Å². The largest absolute Gasteiger partial charge is 0.493 e. The molecule has 164 valence electrons. The topological polar surface area (TPSA) is 115 Å². The first-order chi connectivity index (χ1) is 15.4. The van der Waals surface area contributed by atoms with Gasteiger partial charge in [0.1, 0.15) is 5.56 Å². The zero-order valence-electron chi connectivity index (χ0n) is 17.3. The van der Waals surface area contributed by atoms with E-state index >= 15 is 0 Å². The molecule has 2 aromatic carbocycles. The van der Waals surface area contributed by atoms with Crippen LogP contribution in [-0.2, 0) is 19.4 Å². The van der Waals surface area contributed by atoms with Crippen LogP contribution < -0.4 is 14.9 Å². The Hall–Kier alpha value is -4.07. The zero-order chi connectivity index (χ0) is 22.8. The first-order valence-electron chi connectivity index (χ1n) is 10.0. The summed E-state index contributed by atoms with van der Waals surface area (Å²) in [6.07, 6.45) is 2.55. The van der Waals surface area contributed by atoms with Crippen LogP contribution in [0.5, 0.6) is 11.5 Å². The average Bonchev–Trinajstić information content (AvgIpc) is 2.78. The average molecular weight is 435 g/mol. The number of hydrogen-bond donors (Lipinski definition) is 2. The van der Waals surface area contributed by atoms with Crippen LogP contribution in [0.1, 0.15) is 31.8 Å². The number of methoxy groups -OCH3 is 1. The van der Waals surface area contributed by atoms with Crippen molar-refractivity contribution in [1.29, 1.82) is 0 Å². The molecule has 8 heteroatoms. The predicted molar refractivity (Wildman–Crippen MR) is 116 cm³/mol. The Bertz CT molecular complexity index is 1280. The van der Waals surface area contributed by atoms with Gasteiger partial charge in [0.05, 0.1) is 25.0 Å². The fourth-order valence-corrected chi connectivity index (χ4v) is 3.85. The number of ether oxygens (including phenoxy) is 2. The molecule has 0 saturated heterocycles. The minimum absolute atomic E-state index is 0.230. The van der Waals surface area contributed by atoms with Crippen LogP contribution in [0.15, 0.2) is 53.5 Å². The van der Waals surface area contributed by atoms with E-state index in [0.29, 0.717) is 43.2 Å². The molecule has 3 aromatic rings. The maximum atomic E-state index is 12.2. The van der Waals surface area contributed by atoms with Crippen LogP contribution in [0.3, 0.4) is 0 Å². The SMILES string of the molecule is COc1cc2c(cc1OCCc1cccc(C(=O)O)c1)CCn1cc(C(=O)O)c(=O)cc1-2. The summed E-state index contributed by atoms with van der Waals surface area (Å²) in [5.74, 6) is -1.17. The van der Waals surface area contributed by atoms with E-state index in [4.69, 9.17) is 14.6 Å². The van der Waals surface area contributed by atoms with Crippen LogP contribution in [0, 0.1) is 0 Å². The quantitative estimate of drug-likeness (QED) is 0.586. The zero-order valence-corrected chi connectivity index (χ0v) is 17.3. The molecule has 8 nitrogen and oxygen atoms in total. The van der Waals surface area contributed by atoms with Crippen molar-refractivity contribution in [3.8, 4) is 22.8 Å². The van der Waals surface area contributed by atoms with E-state index < -0.39 is 17.4 Å². The molecule has 1 aromatic heterocycles. The number of carbonyl (C=O) groups is 2. The number of pyridine rings is 1. The molecule has 0 spiro atoms. The van der Waals surface area contributed by atoms with E-state index in [2.05, 4.69) is 0 Å². The molecule has 0 unspecified atom stereocenters. The lowest BCUT2D eigenvalue weighted by Crippen LogP contribution is -2.22. The molecule has 0 aliphatic carbocycles. The highest BCUT2D eigenvalue weighted by atomic mass is 16.5. The van der Waals surface area contributed by atoms with Crippen molar-refractivity contribution in [3.05, 3.63) is 81.1 Å². The number of hydrogen-bond acceptors (Lipinski definition) is 5. The minimum atomic E-state index is -1.24. The van der Waals surface area contributed by atoms with Crippen LogP contribution in [0.25, 0.3) is 11.3 Å². The number of aryl methyl sites for hydroxylation is 2. The van der Waals surface area contributed by atoms with Gasteiger partial charge in [0.2, 0.25) is 0 Å². The number of carboxylic acids is 2. The summed E-state index contributed by atoms with van der Waals surface area (Å²) in [6, 6.07) is 11.7. The molecule has 1 aliphatic heterocycles. The Morgan fingerprint density at radius 3 is 2.59 bits per heavy atom. The second-order valence-electron chi connectivity index (χ2n) is 7.45. The molecule has 0 bridgehead atoms. The third kappa shape index (κ3) is 4.07. The van der Waals surface area contributed by atoms with Crippen molar-refractivity contribution >= 4 is 11.9 Å². The number of fused-ring (bicyclic) bond motifs is 3. The lowest BCUT2D eigenvalue weighted by Gasteiger charge is -2.24. The molecule has 0 fully saturated rings. The summed E-state index contributed by atoms with van der Waals surface area (Å²) in [4.78, 5) is 34.6. The lowest BCUT2D eigenvalue weighted by atomic mass is 9.96. The van der Waals surface area contributed by atoms with E-state index in [1.807, 2.05) is 12.1 Å². The van der Waals surface area contributed by atoms with Gasteiger partial charge >= 0.3 is 11.9 Å². The first-order valence-corrected chi connectivity index (χ1v) is 10.0. The maximum Gasteiger partial charge on any atom is 0.341 e. The molecular formula is C24H21NO7. The number of rotatable bonds is 7. The maximum absolute atomic E-state index is 12.2. The van der Waals surface area contributed by atoms with Crippen molar-refractivity contribution in [3.63, 3.8) is 0 Å². The van der Waals surface area contributed by atoms with Crippen molar-refractivity contribution in [2.24, 2.45) is 0 Å². The van der Waals surface area contributed by atoms with Gasteiger partial charge in [-0.1, -0.05) is 12.1 Å². The van der Waals surface area contributed by atoms with Crippen molar-refractivity contribution in [2.45, 2.75) is 19.4 Å². The fraction of sp³-hybridized carbons (Fsp3) is 0.208. The van der Waals surface area contributed by atoms with Crippen molar-refractivity contribution in [2.75, 3.05) is 13.7 Å². The number of aromatic carboxylic acids is 2. The normalized spacial score (nSPS) is 11.9. The highest BCUT2D eigenvalue weighted by molar-refractivity contribution is 5.88. The third-order valence-corrected chi connectivity index (χ3v) is 5.47. The van der Waals surface area contributed by atoms with E-state index in [0.717, 1.165) is 16.7 Å². The minimum Gasteiger partial charge on any atom is -0.493 e. The standard InChI is InChI=1S/C24H21NO7/c1-31-21-11-17-15(5-7-25-13-18(24(29)30)20(26)12-19(17)25)10-22(21)32-8-6-14-3-2-4-16(9-14)23(27)28/h2-4,9-13H,5-8H2,1H3,(H,27,28)(H,29,30). The van der Waals surface area contributed by atoms with Gasteiger partial charge in [-0.2, -0.15) is 0 Å². The van der Waals surface area contributed by atoms with Crippen molar-refractivity contribution in [1.82, 2.24) is 4.57 Å². The van der Waals surface area contributed by atoms with Gasteiger partial charge in [0.15, 0.2) is 16.9 Å². The Morgan fingerprint density at radius 1 is 1.06 bits per heavy atom. The Morgan fingerprint density at radius 2 is 1.88 bits per heavy atom. The Kier molecular flexibility index (Phi) is 5.68. The number of benzene rings is 2. The predicted octanol–water partition coefficient (Wildman–Crippen LogP) is 3.10. The Labute approximate surface area is 183 Å². The number of nitrogens with zero attached hydrogens (tertiary/aromatic N) is 1. The van der Waals surface area contributed by atoms with Gasteiger partial charge in [-0.3, -0.25) is 4.79 Å². The fourth-order valence-electron chi connectivity index (χ4n) is 3.85. The molecule has 32 heavy (non-hydrogen) atoms. The van der Waals surface area contributed by atoms with Gasteiger partial charge in [-0.05, 0) is 41.8 Å². The van der Waals surface area contributed by atoms with Crippen molar-refractivity contribution < 1.29 is 29.3 Å². The molecule has 1 aliphatic rings. The van der Waals surface area contributed by atoms with E-state index in [-0.39, 0.29) is 11.1 Å². The second kappa shape index (κ2) is 8.58. The first kappa shape index (κ1) is 21.2. The lowest BCUT2D eigenvalue weighted by molar-refractivity contribution is 0.0684. The molecule has 0 saturated carbocycles. The second-order valence-corrected chi connectivity index (χ2v) is 7.45. The molecule has 0 amide bonds. The summed E-state index contributed by atoms with van der Waals surface area (Å²) >= 11 is 0. The highest BCUT2D eigenvalue weighted by Crippen LogP contribution is 2.38. The van der Waals surface area contributed by atoms with Gasteiger partial charge in [-0.25, -0.2) is 9.59 Å². The van der Waals surface area contributed by atoms with E-state index in [1.165, 1.54) is 19.4 Å². The number of carboxylic acid groups (broad SMARTS) is 2. The summed E-state index contributed by atoms with van der Waals surface area (Å²) < 4.78 is 13.2. The number of aromatic nitrogens is 1. The summed E-state index contributed by atoms with van der Waals surface area (Å²) in [6.45, 7) is 0.868. The molecule has 4 rings (SSSR count). The van der Waals surface area contributed by atoms with Crippen LogP contribution >= 0.6 is 0 Å². The highest BCUT2D eigenvalue weighted by Gasteiger charge is 2.22. The summed E-state index contributed by atoms with van der Waals surface area (Å²) in [7, 11) is 1.52. The van der Waals surface area contributed by atoms with Crippen LogP contribution in [0.2, 0.25) is 0 Å². The van der Waals surface area contributed by atoms with Crippen LogP contribution in [0.4, 0.5) is 0 Å². The van der Waals surface area contributed by atoms with Gasteiger partial charge in [-0.15, -0.1) is 0 Å². The van der Waals surface area contributed by atoms with Gasteiger partial charge in [0.25, 0.3) is 0 Å². The van der Waals surface area contributed by atoms with E-state index in [1.54, 1.807) is 28.8 Å².